The molecule has 1 saturated heterocycles. The molecule has 3 amide bonds. The molecule has 5 atom stereocenters. The molecular formula is C24H22N2O3. The molecular weight excluding hydrogens is 364 g/mol. The molecule has 146 valence electrons. The van der Waals surface area contributed by atoms with Crippen LogP contribution in [0, 0.1) is 23.7 Å². The Kier molecular flexibility index (Phi) is 4.31. The Labute approximate surface area is 169 Å². The third-order valence-corrected chi connectivity index (χ3v) is 6.44. The summed E-state index contributed by atoms with van der Waals surface area (Å²) >= 11 is 0. The molecule has 0 radical (unpaired) electrons. The summed E-state index contributed by atoms with van der Waals surface area (Å²) in [6.45, 7) is 0. The van der Waals surface area contributed by atoms with E-state index in [9.17, 15) is 14.4 Å². The van der Waals surface area contributed by atoms with E-state index in [4.69, 9.17) is 0 Å². The van der Waals surface area contributed by atoms with Crippen molar-refractivity contribution < 1.29 is 14.4 Å². The molecule has 2 aliphatic carbocycles. The van der Waals surface area contributed by atoms with E-state index in [-0.39, 0.29) is 47.8 Å². The van der Waals surface area contributed by atoms with Gasteiger partial charge in [0.1, 0.15) is 0 Å². The first kappa shape index (κ1) is 17.9. The Hall–Kier alpha value is -3.21. The summed E-state index contributed by atoms with van der Waals surface area (Å²) < 4.78 is 0. The van der Waals surface area contributed by atoms with E-state index in [1.165, 1.54) is 4.90 Å². The maximum absolute atomic E-state index is 13.3. The average Bonchev–Trinajstić information content (AvgIpc) is 3.42. The van der Waals surface area contributed by atoms with Gasteiger partial charge < -0.3 is 5.32 Å². The largest absolute Gasteiger partial charge is 0.326 e. The van der Waals surface area contributed by atoms with E-state index < -0.39 is 6.04 Å². The number of para-hydroxylation sites is 1. The van der Waals surface area contributed by atoms with Crippen LogP contribution in [0.25, 0.3) is 0 Å². The summed E-state index contributed by atoms with van der Waals surface area (Å²) in [5.74, 6) is -0.691. The first-order valence-electron chi connectivity index (χ1n) is 10.1. The molecule has 0 spiro atoms. The van der Waals surface area contributed by atoms with Crippen molar-refractivity contribution in [2.75, 3.05) is 5.32 Å². The Morgan fingerprint density at radius 1 is 0.897 bits per heavy atom. The smallest absolute Gasteiger partial charge is 0.234 e. The van der Waals surface area contributed by atoms with Crippen molar-refractivity contribution in [2.45, 2.75) is 18.9 Å². The highest BCUT2D eigenvalue weighted by molar-refractivity contribution is 6.07. The first-order valence-corrected chi connectivity index (χ1v) is 10.1. The number of carbonyl (C=O) groups excluding carboxylic acids is 3. The summed E-state index contributed by atoms with van der Waals surface area (Å²) in [4.78, 5) is 40.7. The standard InChI is InChI=1S/C24H22N2O3/c27-20(25-18-9-5-2-6-10-18)14-19(15-7-3-1-4-8-15)26-23(28)21-16-11-12-17(13-16)22(21)24(26)29/h1-12,16-17,19,21-22H,13-14H2,(H,25,27). The zero-order chi connectivity index (χ0) is 20.0. The summed E-state index contributed by atoms with van der Waals surface area (Å²) in [7, 11) is 0. The van der Waals surface area contributed by atoms with Crippen LogP contribution in [-0.2, 0) is 14.4 Å². The van der Waals surface area contributed by atoms with Crippen molar-refractivity contribution in [1.29, 1.82) is 0 Å². The molecule has 1 N–H and O–H groups in total. The van der Waals surface area contributed by atoms with Gasteiger partial charge in [0.15, 0.2) is 0 Å². The number of nitrogens with one attached hydrogen (secondary N) is 1. The Morgan fingerprint density at radius 2 is 1.45 bits per heavy atom. The van der Waals surface area contributed by atoms with Crippen LogP contribution in [0.5, 0.6) is 0 Å². The van der Waals surface area contributed by atoms with Gasteiger partial charge in [0.2, 0.25) is 17.7 Å². The molecule has 2 bridgehead atoms. The minimum absolute atomic E-state index is 0.0403. The van der Waals surface area contributed by atoms with Crippen LogP contribution >= 0.6 is 0 Å². The van der Waals surface area contributed by atoms with Gasteiger partial charge in [0, 0.05) is 5.69 Å². The van der Waals surface area contributed by atoms with Crippen molar-refractivity contribution in [3.05, 3.63) is 78.4 Å². The normalized spacial score (nSPS) is 27.9. The lowest BCUT2D eigenvalue weighted by Gasteiger charge is -2.28. The Bertz CT molecular complexity index is 956. The van der Waals surface area contributed by atoms with Crippen molar-refractivity contribution in [2.24, 2.45) is 23.7 Å². The monoisotopic (exact) mass is 386 g/mol. The maximum atomic E-state index is 13.3. The fourth-order valence-corrected chi connectivity index (χ4v) is 5.18. The summed E-state index contributed by atoms with van der Waals surface area (Å²) in [5, 5.41) is 2.88. The number of amides is 3. The average molecular weight is 386 g/mol. The minimum atomic E-state index is -0.593. The molecule has 0 aromatic heterocycles. The number of fused-ring (bicyclic) bond motifs is 5. The maximum Gasteiger partial charge on any atom is 0.234 e. The van der Waals surface area contributed by atoms with E-state index in [1.807, 2.05) is 60.7 Å². The zero-order valence-electron chi connectivity index (χ0n) is 15.9. The van der Waals surface area contributed by atoms with Gasteiger partial charge in [0.25, 0.3) is 0 Å². The second-order valence-corrected chi connectivity index (χ2v) is 8.09. The molecule has 3 aliphatic rings. The van der Waals surface area contributed by atoms with Crippen molar-refractivity contribution in [3.8, 4) is 0 Å². The van der Waals surface area contributed by atoms with Crippen LogP contribution in [0.4, 0.5) is 5.69 Å². The van der Waals surface area contributed by atoms with Crippen molar-refractivity contribution >= 4 is 23.4 Å². The highest BCUT2D eigenvalue weighted by atomic mass is 16.2. The molecule has 5 heteroatoms. The Morgan fingerprint density at radius 3 is 2.03 bits per heavy atom. The Balaban J connectivity index is 1.43. The summed E-state index contributed by atoms with van der Waals surface area (Å²) in [5.41, 5.74) is 1.50. The summed E-state index contributed by atoms with van der Waals surface area (Å²) in [6, 6.07) is 18.0. The third-order valence-electron chi connectivity index (χ3n) is 6.44. The fourth-order valence-electron chi connectivity index (χ4n) is 5.18. The second-order valence-electron chi connectivity index (χ2n) is 8.09. The number of benzene rings is 2. The molecule has 1 saturated carbocycles. The zero-order valence-corrected chi connectivity index (χ0v) is 15.9. The highest BCUT2D eigenvalue weighted by Crippen LogP contribution is 2.54. The highest BCUT2D eigenvalue weighted by Gasteiger charge is 2.60. The van der Waals surface area contributed by atoms with Gasteiger partial charge >= 0.3 is 0 Å². The van der Waals surface area contributed by atoms with E-state index in [0.717, 1.165) is 12.0 Å². The van der Waals surface area contributed by atoms with Crippen molar-refractivity contribution in [3.63, 3.8) is 0 Å². The van der Waals surface area contributed by atoms with E-state index in [1.54, 1.807) is 0 Å². The number of hydrogen-bond acceptors (Lipinski definition) is 3. The lowest BCUT2D eigenvalue weighted by atomic mass is 9.85. The fraction of sp³-hybridized carbons (Fsp3) is 0.292. The third kappa shape index (κ3) is 2.97. The number of nitrogens with zero attached hydrogens (tertiary/aromatic N) is 1. The van der Waals surface area contributed by atoms with Gasteiger partial charge in [-0.3, -0.25) is 19.3 Å². The number of anilines is 1. The van der Waals surface area contributed by atoms with Gasteiger partial charge in [-0.2, -0.15) is 0 Å². The van der Waals surface area contributed by atoms with Gasteiger partial charge in [-0.25, -0.2) is 0 Å². The number of imide groups is 1. The van der Waals surface area contributed by atoms with Crippen LogP contribution in [0.2, 0.25) is 0 Å². The molecule has 2 aromatic rings. The first-order chi connectivity index (χ1) is 14.1. The van der Waals surface area contributed by atoms with E-state index in [2.05, 4.69) is 17.5 Å². The van der Waals surface area contributed by atoms with Crippen molar-refractivity contribution in [1.82, 2.24) is 4.90 Å². The lowest BCUT2D eigenvalue weighted by molar-refractivity contribution is -0.144. The van der Waals surface area contributed by atoms with E-state index >= 15 is 0 Å². The number of rotatable bonds is 5. The van der Waals surface area contributed by atoms with E-state index in [0.29, 0.717) is 5.69 Å². The molecule has 29 heavy (non-hydrogen) atoms. The minimum Gasteiger partial charge on any atom is -0.326 e. The van der Waals surface area contributed by atoms with Gasteiger partial charge in [-0.05, 0) is 36.0 Å². The SMILES string of the molecule is O=C(CC(c1ccccc1)N1C(=O)C2C3C=CC(C3)C2C1=O)Nc1ccccc1. The van der Waals surface area contributed by atoms with Crippen LogP contribution < -0.4 is 5.32 Å². The number of carbonyl (C=O) groups is 3. The van der Waals surface area contributed by atoms with Crippen LogP contribution in [0.1, 0.15) is 24.4 Å². The predicted octanol–water partition coefficient (Wildman–Crippen LogP) is 3.56. The number of allylic oxidation sites excluding steroid dienone is 2. The molecule has 1 heterocycles. The summed E-state index contributed by atoms with van der Waals surface area (Å²) in [6.07, 6.45) is 5.10. The van der Waals surface area contributed by atoms with Gasteiger partial charge in [0.05, 0.1) is 24.3 Å². The lowest BCUT2D eigenvalue weighted by Crippen LogP contribution is -2.38. The second kappa shape index (κ2) is 6.99. The van der Waals surface area contributed by atoms with Crippen LogP contribution in [-0.4, -0.2) is 22.6 Å². The number of likely N-dealkylation sites (tertiary alicyclic amines) is 1. The van der Waals surface area contributed by atoms with Gasteiger partial charge in [-0.15, -0.1) is 0 Å². The predicted molar refractivity (Wildman–Crippen MR) is 108 cm³/mol. The topological polar surface area (TPSA) is 66.5 Å². The molecule has 2 fully saturated rings. The van der Waals surface area contributed by atoms with Crippen LogP contribution in [0.3, 0.4) is 0 Å². The molecule has 5 rings (SSSR count). The molecule has 5 unspecified atom stereocenters. The van der Waals surface area contributed by atoms with Gasteiger partial charge in [-0.1, -0.05) is 60.7 Å². The molecule has 5 nitrogen and oxygen atoms in total. The molecule has 1 aliphatic heterocycles. The number of hydrogen-bond donors (Lipinski definition) is 1. The van der Waals surface area contributed by atoms with Crippen LogP contribution in [0.15, 0.2) is 72.8 Å². The molecule has 2 aromatic carbocycles. The quantitative estimate of drug-likeness (QED) is 0.631.